The summed E-state index contributed by atoms with van der Waals surface area (Å²) in [4.78, 5) is 16.6. The van der Waals surface area contributed by atoms with Crippen LogP contribution in [-0.4, -0.2) is 46.9 Å². The molecule has 170 valence electrons. The van der Waals surface area contributed by atoms with Crippen molar-refractivity contribution in [1.29, 1.82) is 0 Å². The molecule has 32 heavy (non-hydrogen) atoms. The molecule has 0 saturated carbocycles. The van der Waals surface area contributed by atoms with Gasteiger partial charge < -0.3 is 4.42 Å². The summed E-state index contributed by atoms with van der Waals surface area (Å²) in [6, 6.07) is 9.21. The van der Waals surface area contributed by atoms with E-state index >= 15 is 0 Å². The highest BCUT2D eigenvalue weighted by molar-refractivity contribution is 7.89. The number of hydrogen-bond acceptors (Lipinski definition) is 7. The molecule has 10 heteroatoms. The minimum atomic E-state index is -3.62. The number of amides is 1. The maximum Gasteiger partial charge on any atom is 0.322 e. The number of benzene rings is 1. The van der Waals surface area contributed by atoms with E-state index in [0.717, 1.165) is 25.7 Å². The smallest absolute Gasteiger partial charge is 0.322 e. The Hall–Kier alpha value is -3.11. The van der Waals surface area contributed by atoms with E-state index in [4.69, 9.17) is 4.42 Å². The second kappa shape index (κ2) is 11.0. The summed E-state index contributed by atoms with van der Waals surface area (Å²) in [6.45, 7) is 5.03. The topological polar surface area (TPSA) is 118 Å². The maximum atomic E-state index is 13.0. The summed E-state index contributed by atoms with van der Waals surface area (Å²) in [5, 5.41) is 10.3. The fourth-order valence-corrected chi connectivity index (χ4v) is 4.52. The zero-order valence-electron chi connectivity index (χ0n) is 18.2. The van der Waals surface area contributed by atoms with Gasteiger partial charge in [0.15, 0.2) is 0 Å². The third-order valence-corrected chi connectivity index (χ3v) is 6.76. The van der Waals surface area contributed by atoms with Crippen molar-refractivity contribution in [2.75, 3.05) is 18.4 Å². The minimum absolute atomic E-state index is 0.0520. The second-order valence-corrected chi connectivity index (χ2v) is 9.18. The minimum Gasteiger partial charge on any atom is -0.403 e. The molecular formula is C22H27N5O4S. The van der Waals surface area contributed by atoms with Crippen LogP contribution in [0.15, 0.2) is 58.1 Å². The lowest BCUT2D eigenvalue weighted by atomic mass is 10.2. The van der Waals surface area contributed by atoms with Crippen LogP contribution in [0.25, 0.3) is 11.5 Å². The Kier molecular flexibility index (Phi) is 8.07. The van der Waals surface area contributed by atoms with Gasteiger partial charge in [-0.3, -0.25) is 15.1 Å². The summed E-state index contributed by atoms with van der Waals surface area (Å²) < 4.78 is 33.1. The fourth-order valence-electron chi connectivity index (χ4n) is 3.00. The molecule has 1 aromatic carbocycles. The van der Waals surface area contributed by atoms with Crippen LogP contribution in [0.3, 0.4) is 0 Å². The van der Waals surface area contributed by atoms with Crippen molar-refractivity contribution < 1.29 is 17.6 Å². The van der Waals surface area contributed by atoms with Crippen LogP contribution >= 0.6 is 0 Å². The van der Waals surface area contributed by atoms with Crippen LogP contribution in [0.4, 0.5) is 6.01 Å². The van der Waals surface area contributed by atoms with Crippen molar-refractivity contribution in [3.63, 3.8) is 0 Å². The second-order valence-electron chi connectivity index (χ2n) is 7.24. The molecular weight excluding hydrogens is 430 g/mol. The van der Waals surface area contributed by atoms with E-state index in [1.807, 2.05) is 13.8 Å². The number of rotatable bonds is 11. The maximum absolute atomic E-state index is 13.0. The van der Waals surface area contributed by atoms with Crippen LogP contribution < -0.4 is 5.32 Å². The van der Waals surface area contributed by atoms with Crippen LogP contribution in [-0.2, 0) is 10.0 Å². The molecule has 0 saturated heterocycles. The van der Waals surface area contributed by atoms with E-state index in [-0.39, 0.29) is 22.4 Å². The van der Waals surface area contributed by atoms with E-state index in [9.17, 15) is 13.2 Å². The molecule has 3 rings (SSSR count). The van der Waals surface area contributed by atoms with Crippen LogP contribution in [0.5, 0.6) is 0 Å². The number of carbonyl (C=O) groups is 1. The number of nitrogens with one attached hydrogen (secondary N) is 1. The molecule has 3 aromatic rings. The molecule has 0 atom stereocenters. The number of carbonyl (C=O) groups excluding carboxylic acids is 1. The van der Waals surface area contributed by atoms with Crippen molar-refractivity contribution in [1.82, 2.24) is 19.5 Å². The quantitative estimate of drug-likeness (QED) is 0.463. The molecule has 0 radical (unpaired) electrons. The molecule has 1 amide bonds. The largest absolute Gasteiger partial charge is 0.403 e. The van der Waals surface area contributed by atoms with Crippen molar-refractivity contribution in [2.45, 2.75) is 44.4 Å². The van der Waals surface area contributed by atoms with Gasteiger partial charge in [0.05, 0.1) is 4.90 Å². The number of nitrogens with zero attached hydrogens (tertiary/aromatic N) is 4. The van der Waals surface area contributed by atoms with Crippen molar-refractivity contribution in [3.8, 4) is 11.5 Å². The first kappa shape index (κ1) is 23.6. The summed E-state index contributed by atoms with van der Waals surface area (Å²) in [5.41, 5.74) is 0.958. The SMILES string of the molecule is CCCCN(CCCC)S(=O)(=O)c1ccc(C(=O)Nc2nnc(-c3ccncc3)o2)cc1. The lowest BCUT2D eigenvalue weighted by molar-refractivity contribution is 0.102. The zero-order chi connectivity index (χ0) is 23.0. The molecule has 2 aromatic heterocycles. The van der Waals surface area contributed by atoms with Gasteiger partial charge in [0.2, 0.25) is 15.9 Å². The monoisotopic (exact) mass is 457 g/mol. The van der Waals surface area contributed by atoms with Crippen LogP contribution in [0, 0.1) is 0 Å². The summed E-state index contributed by atoms with van der Waals surface area (Å²) in [6.07, 6.45) is 6.62. The molecule has 0 aliphatic carbocycles. The molecule has 0 spiro atoms. The van der Waals surface area contributed by atoms with E-state index in [2.05, 4.69) is 20.5 Å². The highest BCUT2D eigenvalue weighted by Gasteiger charge is 2.24. The molecule has 9 nitrogen and oxygen atoms in total. The lowest BCUT2D eigenvalue weighted by Crippen LogP contribution is -2.33. The van der Waals surface area contributed by atoms with Crippen molar-refractivity contribution in [2.24, 2.45) is 0 Å². The fraction of sp³-hybridized carbons (Fsp3) is 0.364. The number of hydrogen-bond donors (Lipinski definition) is 1. The van der Waals surface area contributed by atoms with Gasteiger partial charge in [-0.1, -0.05) is 31.8 Å². The van der Waals surface area contributed by atoms with Gasteiger partial charge in [0.1, 0.15) is 0 Å². The van der Waals surface area contributed by atoms with Gasteiger partial charge in [-0.05, 0) is 49.2 Å². The van der Waals surface area contributed by atoms with Gasteiger partial charge in [-0.2, -0.15) is 4.31 Å². The predicted molar refractivity (Wildman–Crippen MR) is 120 cm³/mol. The van der Waals surface area contributed by atoms with Gasteiger partial charge in [0, 0.05) is 36.6 Å². The molecule has 1 N–H and O–H groups in total. The highest BCUT2D eigenvalue weighted by atomic mass is 32.2. The third-order valence-electron chi connectivity index (χ3n) is 4.85. The molecule has 0 unspecified atom stereocenters. The van der Waals surface area contributed by atoms with E-state index in [1.54, 1.807) is 24.5 Å². The summed E-state index contributed by atoms with van der Waals surface area (Å²) in [7, 11) is -3.62. The first-order valence-corrected chi connectivity index (χ1v) is 12.0. The third kappa shape index (κ3) is 5.77. The summed E-state index contributed by atoms with van der Waals surface area (Å²) >= 11 is 0. The summed E-state index contributed by atoms with van der Waals surface area (Å²) in [5.74, 6) is -0.226. The average Bonchev–Trinajstić information content (AvgIpc) is 3.28. The number of pyridine rings is 1. The predicted octanol–water partition coefficient (Wildman–Crippen LogP) is 3.97. The molecule has 2 heterocycles. The van der Waals surface area contributed by atoms with E-state index in [1.165, 1.54) is 28.6 Å². The molecule has 0 bridgehead atoms. The molecule has 0 aliphatic rings. The number of unbranched alkanes of at least 4 members (excludes halogenated alkanes) is 2. The standard InChI is InChI=1S/C22H27N5O4S/c1-3-5-15-27(16-6-4-2)32(29,30)19-9-7-17(8-10-19)20(28)24-22-26-25-21(31-22)18-11-13-23-14-12-18/h7-14H,3-6,15-16H2,1-2H3,(H,24,26,28). The zero-order valence-corrected chi connectivity index (χ0v) is 19.0. The van der Waals surface area contributed by atoms with E-state index < -0.39 is 15.9 Å². The Morgan fingerprint density at radius 2 is 1.59 bits per heavy atom. The van der Waals surface area contributed by atoms with Crippen LogP contribution in [0.1, 0.15) is 49.9 Å². The van der Waals surface area contributed by atoms with Gasteiger partial charge >= 0.3 is 6.01 Å². The van der Waals surface area contributed by atoms with Gasteiger partial charge in [-0.15, -0.1) is 5.10 Å². The Morgan fingerprint density at radius 3 is 2.19 bits per heavy atom. The Morgan fingerprint density at radius 1 is 0.969 bits per heavy atom. The number of aromatic nitrogens is 3. The van der Waals surface area contributed by atoms with Crippen molar-refractivity contribution in [3.05, 3.63) is 54.4 Å². The first-order chi connectivity index (χ1) is 15.5. The Bertz CT molecular complexity index is 1110. The molecule has 0 fully saturated rings. The van der Waals surface area contributed by atoms with E-state index in [0.29, 0.717) is 18.7 Å². The van der Waals surface area contributed by atoms with Crippen molar-refractivity contribution >= 4 is 21.9 Å². The van der Waals surface area contributed by atoms with Crippen LogP contribution in [0.2, 0.25) is 0 Å². The number of sulfonamides is 1. The first-order valence-electron chi connectivity index (χ1n) is 10.6. The normalized spacial score (nSPS) is 11.6. The van der Waals surface area contributed by atoms with Gasteiger partial charge in [-0.25, -0.2) is 8.42 Å². The molecule has 0 aliphatic heterocycles. The Balaban J connectivity index is 1.70. The highest BCUT2D eigenvalue weighted by Crippen LogP contribution is 2.21. The lowest BCUT2D eigenvalue weighted by Gasteiger charge is -2.22. The average molecular weight is 458 g/mol. The number of anilines is 1. The Labute approximate surface area is 187 Å². The van der Waals surface area contributed by atoms with Gasteiger partial charge in [0.25, 0.3) is 5.91 Å².